The number of hydrogen-bond donors (Lipinski definition) is 2. The van der Waals surface area contributed by atoms with Gasteiger partial charge in [-0.2, -0.15) is 0 Å². The van der Waals surface area contributed by atoms with Crippen molar-refractivity contribution in [2.24, 2.45) is 5.92 Å². The second kappa shape index (κ2) is 5.27. The fourth-order valence-electron chi connectivity index (χ4n) is 2.45. The zero-order valence-corrected chi connectivity index (χ0v) is 9.53. The molecule has 0 saturated carbocycles. The average molecular weight is 237 g/mol. The molecule has 1 fully saturated rings. The Morgan fingerprint density at radius 1 is 1.41 bits per heavy atom. The molecule has 1 saturated heterocycles. The lowest BCUT2D eigenvalue weighted by Crippen LogP contribution is -2.36. The van der Waals surface area contributed by atoms with E-state index in [0.717, 1.165) is 19.4 Å². The van der Waals surface area contributed by atoms with E-state index in [1.807, 2.05) is 0 Å². The Balaban J connectivity index is 2.21. The predicted molar refractivity (Wildman–Crippen MR) is 62.4 cm³/mol. The zero-order chi connectivity index (χ0) is 12.3. The van der Waals surface area contributed by atoms with Crippen molar-refractivity contribution in [3.8, 4) is 0 Å². The lowest BCUT2D eigenvalue weighted by Gasteiger charge is -2.28. The number of piperidine rings is 1. The van der Waals surface area contributed by atoms with Crippen LogP contribution in [-0.4, -0.2) is 24.2 Å². The molecule has 17 heavy (non-hydrogen) atoms. The SMILES string of the molecule is O=C(O)C(c1ccc(F)cc1)C1CCCNC1. The molecule has 0 spiro atoms. The van der Waals surface area contributed by atoms with Crippen molar-refractivity contribution in [1.29, 1.82) is 0 Å². The quantitative estimate of drug-likeness (QED) is 0.845. The third-order valence-corrected chi connectivity index (χ3v) is 3.30. The molecule has 92 valence electrons. The smallest absolute Gasteiger partial charge is 0.311 e. The largest absolute Gasteiger partial charge is 0.481 e. The zero-order valence-electron chi connectivity index (χ0n) is 9.53. The molecule has 1 aliphatic rings. The molecule has 3 nitrogen and oxygen atoms in total. The van der Waals surface area contributed by atoms with Crippen LogP contribution in [0.15, 0.2) is 24.3 Å². The van der Waals surface area contributed by atoms with Gasteiger partial charge in [-0.3, -0.25) is 4.79 Å². The summed E-state index contributed by atoms with van der Waals surface area (Å²) >= 11 is 0. The lowest BCUT2D eigenvalue weighted by atomic mass is 9.81. The van der Waals surface area contributed by atoms with Crippen LogP contribution in [0.2, 0.25) is 0 Å². The van der Waals surface area contributed by atoms with E-state index in [1.165, 1.54) is 12.1 Å². The van der Waals surface area contributed by atoms with Crippen LogP contribution in [0.4, 0.5) is 4.39 Å². The number of carboxylic acids is 1. The Morgan fingerprint density at radius 2 is 2.12 bits per heavy atom. The average Bonchev–Trinajstić information content (AvgIpc) is 2.33. The van der Waals surface area contributed by atoms with Gasteiger partial charge in [-0.05, 0) is 49.5 Å². The standard InChI is InChI=1S/C13H16FNO2/c14-11-5-3-9(4-6-11)12(13(16)17)10-2-1-7-15-8-10/h3-6,10,12,15H,1-2,7-8H2,(H,16,17). The molecule has 1 aliphatic heterocycles. The van der Waals surface area contributed by atoms with Crippen LogP contribution < -0.4 is 5.32 Å². The van der Waals surface area contributed by atoms with E-state index in [1.54, 1.807) is 12.1 Å². The van der Waals surface area contributed by atoms with E-state index in [0.29, 0.717) is 12.1 Å². The monoisotopic (exact) mass is 237 g/mol. The van der Waals surface area contributed by atoms with Crippen LogP contribution >= 0.6 is 0 Å². The molecule has 2 atom stereocenters. The van der Waals surface area contributed by atoms with E-state index in [-0.39, 0.29) is 11.7 Å². The highest BCUT2D eigenvalue weighted by molar-refractivity contribution is 5.76. The van der Waals surface area contributed by atoms with E-state index in [4.69, 9.17) is 0 Å². The Labute approximate surface area is 99.7 Å². The normalized spacial score (nSPS) is 22.1. The molecular formula is C13H16FNO2. The first-order valence-electron chi connectivity index (χ1n) is 5.87. The summed E-state index contributed by atoms with van der Waals surface area (Å²) < 4.78 is 12.8. The summed E-state index contributed by atoms with van der Waals surface area (Å²) in [4.78, 5) is 11.4. The molecule has 0 amide bonds. The maximum atomic E-state index is 12.8. The Hall–Kier alpha value is -1.42. The molecule has 0 aliphatic carbocycles. The first-order chi connectivity index (χ1) is 8.18. The molecule has 2 unspecified atom stereocenters. The van der Waals surface area contributed by atoms with Crippen molar-refractivity contribution in [2.45, 2.75) is 18.8 Å². The summed E-state index contributed by atoms with van der Waals surface area (Å²) in [5.41, 5.74) is 0.688. The fourth-order valence-corrected chi connectivity index (χ4v) is 2.45. The van der Waals surface area contributed by atoms with Crippen LogP contribution in [0, 0.1) is 11.7 Å². The maximum Gasteiger partial charge on any atom is 0.311 e. The van der Waals surface area contributed by atoms with Gasteiger partial charge in [-0.25, -0.2) is 4.39 Å². The van der Waals surface area contributed by atoms with Crippen LogP contribution in [-0.2, 0) is 4.79 Å². The van der Waals surface area contributed by atoms with E-state index < -0.39 is 11.9 Å². The fraction of sp³-hybridized carbons (Fsp3) is 0.462. The van der Waals surface area contributed by atoms with Gasteiger partial charge >= 0.3 is 5.97 Å². The van der Waals surface area contributed by atoms with Crippen molar-refractivity contribution < 1.29 is 14.3 Å². The molecule has 2 N–H and O–H groups in total. The molecule has 0 aromatic heterocycles. The second-order valence-corrected chi connectivity index (χ2v) is 4.47. The van der Waals surface area contributed by atoms with Gasteiger partial charge < -0.3 is 10.4 Å². The van der Waals surface area contributed by atoms with Crippen molar-refractivity contribution in [1.82, 2.24) is 5.32 Å². The van der Waals surface area contributed by atoms with Crippen molar-refractivity contribution in [2.75, 3.05) is 13.1 Å². The van der Waals surface area contributed by atoms with Crippen molar-refractivity contribution in [3.05, 3.63) is 35.6 Å². The number of benzene rings is 1. The number of halogens is 1. The molecule has 0 bridgehead atoms. The highest BCUT2D eigenvalue weighted by Crippen LogP contribution is 2.29. The summed E-state index contributed by atoms with van der Waals surface area (Å²) in [5, 5.41) is 12.5. The molecule has 0 radical (unpaired) electrons. The molecule has 1 aromatic rings. The first-order valence-corrected chi connectivity index (χ1v) is 5.87. The molecular weight excluding hydrogens is 221 g/mol. The Morgan fingerprint density at radius 3 is 2.65 bits per heavy atom. The van der Waals surface area contributed by atoms with Crippen molar-refractivity contribution in [3.63, 3.8) is 0 Å². The minimum Gasteiger partial charge on any atom is -0.481 e. The second-order valence-electron chi connectivity index (χ2n) is 4.47. The van der Waals surface area contributed by atoms with Crippen LogP contribution in [0.5, 0.6) is 0 Å². The van der Waals surface area contributed by atoms with Gasteiger partial charge in [0, 0.05) is 0 Å². The van der Waals surface area contributed by atoms with Gasteiger partial charge in [0.2, 0.25) is 0 Å². The maximum absolute atomic E-state index is 12.8. The number of aliphatic carboxylic acids is 1. The van der Waals surface area contributed by atoms with E-state index >= 15 is 0 Å². The number of nitrogens with one attached hydrogen (secondary N) is 1. The molecule has 1 heterocycles. The minimum atomic E-state index is -0.828. The van der Waals surface area contributed by atoms with Gasteiger partial charge in [-0.15, -0.1) is 0 Å². The van der Waals surface area contributed by atoms with Gasteiger partial charge in [0.1, 0.15) is 5.82 Å². The minimum absolute atomic E-state index is 0.0895. The van der Waals surface area contributed by atoms with E-state index in [9.17, 15) is 14.3 Å². The van der Waals surface area contributed by atoms with Gasteiger partial charge in [0.15, 0.2) is 0 Å². The summed E-state index contributed by atoms with van der Waals surface area (Å²) in [7, 11) is 0. The predicted octanol–water partition coefficient (Wildman–Crippen LogP) is 1.99. The number of rotatable bonds is 3. The lowest BCUT2D eigenvalue weighted by molar-refractivity contribution is -0.140. The van der Waals surface area contributed by atoms with Crippen LogP contribution in [0.3, 0.4) is 0 Å². The highest BCUT2D eigenvalue weighted by atomic mass is 19.1. The number of carbonyl (C=O) groups is 1. The summed E-state index contributed by atoms with van der Waals surface area (Å²) in [6.07, 6.45) is 1.90. The Kier molecular flexibility index (Phi) is 3.74. The van der Waals surface area contributed by atoms with Crippen molar-refractivity contribution >= 4 is 5.97 Å². The van der Waals surface area contributed by atoms with Gasteiger partial charge in [0.25, 0.3) is 0 Å². The number of carboxylic acid groups (broad SMARTS) is 1. The topological polar surface area (TPSA) is 49.3 Å². The number of hydrogen-bond acceptors (Lipinski definition) is 2. The van der Waals surface area contributed by atoms with Gasteiger partial charge in [0.05, 0.1) is 5.92 Å². The summed E-state index contributed by atoms with van der Waals surface area (Å²) in [6.45, 7) is 1.67. The third kappa shape index (κ3) is 2.82. The highest BCUT2D eigenvalue weighted by Gasteiger charge is 2.30. The van der Waals surface area contributed by atoms with E-state index in [2.05, 4.69) is 5.32 Å². The molecule has 2 rings (SSSR count). The summed E-state index contributed by atoms with van der Waals surface area (Å²) in [6, 6.07) is 5.79. The van der Waals surface area contributed by atoms with Crippen LogP contribution in [0.1, 0.15) is 24.3 Å². The Bertz CT molecular complexity index is 385. The first kappa shape index (κ1) is 12.0. The van der Waals surface area contributed by atoms with Crippen LogP contribution in [0.25, 0.3) is 0 Å². The molecule has 1 aromatic carbocycles. The van der Waals surface area contributed by atoms with Gasteiger partial charge in [-0.1, -0.05) is 12.1 Å². The summed E-state index contributed by atoms with van der Waals surface area (Å²) in [5.74, 6) is -1.61. The third-order valence-electron chi connectivity index (χ3n) is 3.30. The molecule has 4 heteroatoms.